The number of nitrogens with one attached hydrogen (secondary N) is 2. The van der Waals surface area contributed by atoms with Gasteiger partial charge in [0.1, 0.15) is 6.04 Å². The largest absolute Gasteiger partial charge is 0.481 e. The molecule has 19 heavy (non-hydrogen) atoms. The van der Waals surface area contributed by atoms with E-state index in [2.05, 4.69) is 15.5 Å². The lowest BCUT2D eigenvalue weighted by Crippen LogP contribution is -2.48. The summed E-state index contributed by atoms with van der Waals surface area (Å²) in [6.45, 7) is 3.15. The summed E-state index contributed by atoms with van der Waals surface area (Å²) in [5.41, 5.74) is 0. The van der Waals surface area contributed by atoms with Crippen LogP contribution in [-0.4, -0.2) is 65.3 Å². The number of hydrogen-bond acceptors (Lipinski definition) is 4. The normalized spacial score (nSPS) is 16.8. The zero-order valence-electron chi connectivity index (χ0n) is 10.6. The highest BCUT2D eigenvalue weighted by Gasteiger charge is 2.22. The molecule has 1 heterocycles. The molecule has 8 heteroatoms. The predicted octanol–water partition coefficient (Wildman–Crippen LogP) is -0.691. The molecule has 1 atom stereocenters. The summed E-state index contributed by atoms with van der Waals surface area (Å²) < 4.78 is 0. The van der Waals surface area contributed by atoms with Crippen molar-refractivity contribution in [3.63, 3.8) is 0 Å². The average Bonchev–Trinajstić information content (AvgIpc) is 2.80. The van der Waals surface area contributed by atoms with Crippen LogP contribution in [-0.2, 0) is 9.59 Å². The Balaban J connectivity index is 2.23. The molecule has 0 saturated carbocycles. The average molecular weight is 273 g/mol. The molecule has 1 aliphatic rings. The summed E-state index contributed by atoms with van der Waals surface area (Å²) in [6, 6.07) is -2.07. The Morgan fingerprint density at radius 2 is 1.79 bits per heavy atom. The van der Waals surface area contributed by atoms with Crippen LogP contribution < -0.4 is 10.6 Å². The molecule has 8 nitrogen and oxygen atoms in total. The molecule has 0 aliphatic carbocycles. The Hall–Kier alpha value is -1.83. The molecular formula is C11H19N3O5. The molecule has 4 N–H and O–H groups in total. The Labute approximate surface area is 110 Å². The van der Waals surface area contributed by atoms with Crippen molar-refractivity contribution in [3.05, 3.63) is 0 Å². The maximum Gasteiger partial charge on any atom is 0.326 e. The number of carbonyl (C=O) groups is 3. The van der Waals surface area contributed by atoms with Crippen LogP contribution in [0.5, 0.6) is 0 Å². The molecule has 0 spiro atoms. The van der Waals surface area contributed by atoms with E-state index < -0.39 is 30.4 Å². The van der Waals surface area contributed by atoms with Crippen LogP contribution in [0.2, 0.25) is 0 Å². The summed E-state index contributed by atoms with van der Waals surface area (Å²) in [7, 11) is 0. The second kappa shape index (κ2) is 7.57. The number of amides is 2. The molecule has 1 saturated heterocycles. The van der Waals surface area contributed by atoms with Gasteiger partial charge in [0.05, 0.1) is 6.42 Å². The van der Waals surface area contributed by atoms with Gasteiger partial charge in [0.15, 0.2) is 0 Å². The fourth-order valence-corrected chi connectivity index (χ4v) is 1.92. The molecule has 2 amide bonds. The minimum atomic E-state index is -1.41. The van der Waals surface area contributed by atoms with E-state index in [1.165, 1.54) is 0 Å². The van der Waals surface area contributed by atoms with E-state index in [-0.39, 0.29) is 0 Å². The van der Waals surface area contributed by atoms with Crippen LogP contribution in [0.25, 0.3) is 0 Å². The van der Waals surface area contributed by atoms with Gasteiger partial charge >= 0.3 is 18.0 Å². The minimum Gasteiger partial charge on any atom is -0.481 e. The van der Waals surface area contributed by atoms with E-state index in [1.807, 2.05) is 0 Å². The lowest BCUT2D eigenvalue weighted by molar-refractivity contribution is -0.145. The molecule has 0 aromatic rings. The molecule has 1 unspecified atom stereocenters. The number of carboxylic acid groups (broad SMARTS) is 2. The smallest absolute Gasteiger partial charge is 0.326 e. The second-order valence-electron chi connectivity index (χ2n) is 4.44. The van der Waals surface area contributed by atoms with Gasteiger partial charge in [-0.05, 0) is 25.9 Å². The van der Waals surface area contributed by atoms with Crippen LogP contribution in [0.15, 0.2) is 0 Å². The van der Waals surface area contributed by atoms with Gasteiger partial charge in [0.25, 0.3) is 0 Å². The predicted molar refractivity (Wildman–Crippen MR) is 65.9 cm³/mol. The fourth-order valence-electron chi connectivity index (χ4n) is 1.92. The standard InChI is InChI=1S/C11H19N3O5/c15-9(16)7-8(10(17)18)13-11(19)12-3-6-14-4-1-2-5-14/h8H,1-7H2,(H,15,16)(H,17,18)(H2,12,13,19). The van der Waals surface area contributed by atoms with Gasteiger partial charge < -0.3 is 25.7 Å². The maximum atomic E-state index is 11.4. The first kappa shape index (κ1) is 15.2. The van der Waals surface area contributed by atoms with Crippen molar-refractivity contribution in [1.29, 1.82) is 0 Å². The molecular weight excluding hydrogens is 254 g/mol. The maximum absolute atomic E-state index is 11.4. The summed E-state index contributed by atoms with van der Waals surface area (Å²) in [6.07, 6.45) is 1.67. The highest BCUT2D eigenvalue weighted by atomic mass is 16.4. The number of nitrogens with zero attached hydrogens (tertiary/aromatic N) is 1. The zero-order valence-corrected chi connectivity index (χ0v) is 10.6. The van der Waals surface area contributed by atoms with Crippen molar-refractivity contribution >= 4 is 18.0 Å². The highest BCUT2D eigenvalue weighted by molar-refractivity contribution is 5.86. The van der Waals surface area contributed by atoms with Gasteiger partial charge in [-0.15, -0.1) is 0 Å². The zero-order chi connectivity index (χ0) is 14.3. The van der Waals surface area contributed by atoms with Gasteiger partial charge in [0.2, 0.25) is 0 Å². The minimum absolute atomic E-state index is 0.408. The molecule has 0 radical (unpaired) electrons. The first-order chi connectivity index (χ1) is 8.99. The highest BCUT2D eigenvalue weighted by Crippen LogP contribution is 2.05. The molecule has 0 bridgehead atoms. The van der Waals surface area contributed by atoms with Crippen molar-refractivity contribution in [2.75, 3.05) is 26.2 Å². The van der Waals surface area contributed by atoms with E-state index in [0.717, 1.165) is 25.9 Å². The number of carboxylic acids is 2. The van der Waals surface area contributed by atoms with Gasteiger partial charge in [-0.1, -0.05) is 0 Å². The number of urea groups is 1. The van der Waals surface area contributed by atoms with Crippen LogP contribution in [0.3, 0.4) is 0 Å². The Bertz CT molecular complexity index is 341. The van der Waals surface area contributed by atoms with E-state index >= 15 is 0 Å². The first-order valence-corrected chi connectivity index (χ1v) is 6.20. The number of hydrogen-bond donors (Lipinski definition) is 4. The van der Waals surface area contributed by atoms with E-state index in [1.54, 1.807) is 0 Å². The van der Waals surface area contributed by atoms with Crippen LogP contribution in [0.1, 0.15) is 19.3 Å². The molecule has 0 aromatic heterocycles. The van der Waals surface area contributed by atoms with Crippen molar-refractivity contribution in [3.8, 4) is 0 Å². The number of rotatable bonds is 7. The van der Waals surface area contributed by atoms with Gasteiger partial charge in [-0.25, -0.2) is 9.59 Å². The van der Waals surface area contributed by atoms with Crippen LogP contribution in [0.4, 0.5) is 4.79 Å². The SMILES string of the molecule is O=C(O)CC(NC(=O)NCCN1CCCC1)C(=O)O. The van der Waals surface area contributed by atoms with Gasteiger partial charge in [0, 0.05) is 13.1 Å². The first-order valence-electron chi connectivity index (χ1n) is 6.20. The molecule has 1 aliphatic heterocycles. The van der Waals surface area contributed by atoms with Crippen molar-refractivity contribution < 1.29 is 24.6 Å². The monoisotopic (exact) mass is 273 g/mol. The van der Waals surface area contributed by atoms with Crippen molar-refractivity contribution in [2.24, 2.45) is 0 Å². The third kappa shape index (κ3) is 6.05. The van der Waals surface area contributed by atoms with E-state index in [0.29, 0.717) is 13.1 Å². The Morgan fingerprint density at radius 3 is 2.32 bits per heavy atom. The Kier molecular flexibility index (Phi) is 6.07. The lowest BCUT2D eigenvalue weighted by atomic mass is 10.2. The van der Waals surface area contributed by atoms with Crippen LogP contribution >= 0.6 is 0 Å². The summed E-state index contributed by atoms with van der Waals surface area (Å²) in [4.78, 5) is 34.8. The fraction of sp³-hybridized carbons (Fsp3) is 0.727. The quantitative estimate of drug-likeness (QED) is 0.487. The summed E-state index contributed by atoms with van der Waals surface area (Å²) in [5.74, 6) is -2.64. The van der Waals surface area contributed by atoms with Gasteiger partial charge in [-0.2, -0.15) is 0 Å². The molecule has 1 fully saturated rings. The topological polar surface area (TPSA) is 119 Å². The number of carbonyl (C=O) groups excluding carboxylic acids is 1. The molecule has 108 valence electrons. The second-order valence-corrected chi connectivity index (χ2v) is 4.44. The van der Waals surface area contributed by atoms with E-state index in [9.17, 15) is 14.4 Å². The lowest BCUT2D eigenvalue weighted by Gasteiger charge is -2.16. The molecule has 0 aromatic carbocycles. The van der Waals surface area contributed by atoms with Crippen LogP contribution in [0, 0.1) is 0 Å². The Morgan fingerprint density at radius 1 is 1.16 bits per heavy atom. The third-order valence-electron chi connectivity index (χ3n) is 2.89. The summed E-state index contributed by atoms with van der Waals surface area (Å²) >= 11 is 0. The summed E-state index contributed by atoms with van der Waals surface area (Å²) in [5, 5.41) is 21.9. The van der Waals surface area contributed by atoms with Crippen molar-refractivity contribution in [2.45, 2.75) is 25.3 Å². The molecule has 1 rings (SSSR count). The van der Waals surface area contributed by atoms with E-state index in [4.69, 9.17) is 10.2 Å². The number of likely N-dealkylation sites (tertiary alicyclic amines) is 1. The third-order valence-corrected chi connectivity index (χ3v) is 2.89. The van der Waals surface area contributed by atoms with Crippen molar-refractivity contribution in [1.82, 2.24) is 15.5 Å². The van der Waals surface area contributed by atoms with Gasteiger partial charge in [-0.3, -0.25) is 4.79 Å². The number of aliphatic carboxylic acids is 2.